The molecule has 0 amide bonds. The molecule has 3 unspecified atom stereocenters. The van der Waals surface area contributed by atoms with Crippen molar-refractivity contribution in [2.45, 2.75) is 70.4 Å². The van der Waals surface area contributed by atoms with Gasteiger partial charge in [0.1, 0.15) is 5.75 Å². The van der Waals surface area contributed by atoms with Gasteiger partial charge in [0.2, 0.25) is 0 Å². The lowest BCUT2D eigenvalue weighted by atomic mass is 9.95. The van der Waals surface area contributed by atoms with Gasteiger partial charge >= 0.3 is 0 Å². The maximum Gasteiger partial charge on any atom is 0.124 e. The molecule has 2 nitrogen and oxygen atoms in total. The molecule has 116 valence electrons. The van der Waals surface area contributed by atoms with Gasteiger partial charge in [-0.15, -0.1) is 0 Å². The molecule has 2 aliphatic rings. The molecule has 3 rings (SSSR count). The first-order valence-electron chi connectivity index (χ1n) is 8.84. The maximum absolute atomic E-state index is 5.78. The molecule has 1 fully saturated rings. The maximum atomic E-state index is 5.78. The minimum Gasteiger partial charge on any atom is -0.493 e. The molecule has 21 heavy (non-hydrogen) atoms. The van der Waals surface area contributed by atoms with Gasteiger partial charge in [0.05, 0.1) is 6.61 Å². The zero-order chi connectivity index (χ0) is 14.5. The standard InChI is InChI=1S/C19H29NO/c1-2-6-15-7-5-8-16(12-11-15)20-18-13-14-21-19-10-4-3-9-17(18)19/h3-4,9-10,15-16,18,20H,2,5-8,11-14H2,1H3. The zero-order valence-corrected chi connectivity index (χ0v) is 13.3. The molecule has 1 aromatic rings. The second-order valence-electron chi connectivity index (χ2n) is 6.75. The lowest BCUT2D eigenvalue weighted by Gasteiger charge is -2.30. The van der Waals surface area contributed by atoms with Crippen LogP contribution < -0.4 is 10.1 Å². The quantitative estimate of drug-likeness (QED) is 0.799. The molecule has 0 bridgehead atoms. The van der Waals surface area contributed by atoms with Crippen LogP contribution in [-0.2, 0) is 0 Å². The summed E-state index contributed by atoms with van der Waals surface area (Å²) in [6.07, 6.45) is 10.8. The number of nitrogens with one attached hydrogen (secondary N) is 1. The Hall–Kier alpha value is -1.02. The average molecular weight is 287 g/mol. The minimum absolute atomic E-state index is 0.489. The molecule has 1 aliphatic heterocycles. The first-order valence-corrected chi connectivity index (χ1v) is 8.84. The Kier molecular flexibility index (Phi) is 5.18. The molecule has 1 aliphatic carbocycles. The van der Waals surface area contributed by atoms with Crippen LogP contribution >= 0.6 is 0 Å². The summed E-state index contributed by atoms with van der Waals surface area (Å²) >= 11 is 0. The number of benzene rings is 1. The predicted octanol–water partition coefficient (Wildman–Crippen LogP) is 4.85. The van der Waals surface area contributed by atoms with E-state index in [0.29, 0.717) is 12.1 Å². The van der Waals surface area contributed by atoms with Crippen LogP contribution in [0.4, 0.5) is 0 Å². The molecular weight excluding hydrogens is 258 g/mol. The number of para-hydroxylation sites is 1. The number of ether oxygens (including phenoxy) is 1. The molecule has 0 saturated heterocycles. The van der Waals surface area contributed by atoms with Gasteiger partial charge in [0, 0.05) is 24.1 Å². The van der Waals surface area contributed by atoms with Gasteiger partial charge in [-0.05, 0) is 31.2 Å². The average Bonchev–Trinajstić information content (AvgIpc) is 2.74. The van der Waals surface area contributed by atoms with Crippen molar-refractivity contribution in [1.82, 2.24) is 5.32 Å². The van der Waals surface area contributed by atoms with Gasteiger partial charge in [-0.3, -0.25) is 0 Å². The second kappa shape index (κ2) is 7.31. The first kappa shape index (κ1) is 14.9. The SMILES string of the molecule is CCCC1CCCC(NC2CCOc3ccccc32)CC1. The van der Waals surface area contributed by atoms with E-state index in [0.717, 1.165) is 24.7 Å². The van der Waals surface area contributed by atoms with E-state index in [2.05, 4.69) is 36.5 Å². The van der Waals surface area contributed by atoms with Crippen LogP contribution in [0.3, 0.4) is 0 Å². The van der Waals surface area contributed by atoms with Crippen LogP contribution in [0.5, 0.6) is 5.75 Å². The van der Waals surface area contributed by atoms with Crippen molar-refractivity contribution in [3.8, 4) is 5.75 Å². The van der Waals surface area contributed by atoms with Gasteiger partial charge in [0.25, 0.3) is 0 Å². The van der Waals surface area contributed by atoms with Crippen molar-refractivity contribution in [2.75, 3.05) is 6.61 Å². The highest BCUT2D eigenvalue weighted by molar-refractivity contribution is 5.37. The Morgan fingerprint density at radius 3 is 2.90 bits per heavy atom. The molecule has 1 aromatic carbocycles. The topological polar surface area (TPSA) is 21.3 Å². The summed E-state index contributed by atoms with van der Waals surface area (Å²) in [5.74, 6) is 2.06. The van der Waals surface area contributed by atoms with E-state index in [9.17, 15) is 0 Å². The smallest absolute Gasteiger partial charge is 0.124 e. The Balaban J connectivity index is 1.60. The molecule has 1 heterocycles. The summed E-state index contributed by atoms with van der Waals surface area (Å²) in [4.78, 5) is 0. The van der Waals surface area contributed by atoms with Crippen molar-refractivity contribution in [2.24, 2.45) is 5.92 Å². The fourth-order valence-corrected chi connectivity index (χ4v) is 4.04. The van der Waals surface area contributed by atoms with Crippen LogP contribution in [-0.4, -0.2) is 12.6 Å². The largest absolute Gasteiger partial charge is 0.493 e. The van der Waals surface area contributed by atoms with Gasteiger partial charge in [-0.2, -0.15) is 0 Å². The molecule has 0 spiro atoms. The summed E-state index contributed by atoms with van der Waals surface area (Å²) in [6, 6.07) is 9.72. The van der Waals surface area contributed by atoms with E-state index < -0.39 is 0 Å². The molecule has 3 atom stereocenters. The molecule has 0 aromatic heterocycles. The Bertz CT molecular complexity index is 445. The van der Waals surface area contributed by atoms with E-state index in [1.54, 1.807) is 0 Å². The third-order valence-corrected chi connectivity index (χ3v) is 5.18. The lowest BCUT2D eigenvalue weighted by molar-refractivity contribution is 0.239. The summed E-state index contributed by atoms with van der Waals surface area (Å²) in [6.45, 7) is 3.17. The summed E-state index contributed by atoms with van der Waals surface area (Å²) < 4.78 is 5.78. The molecule has 1 N–H and O–H groups in total. The van der Waals surface area contributed by atoms with Crippen molar-refractivity contribution in [1.29, 1.82) is 0 Å². The first-order chi connectivity index (χ1) is 10.4. The highest BCUT2D eigenvalue weighted by Crippen LogP contribution is 2.34. The van der Waals surface area contributed by atoms with Crippen LogP contribution in [0, 0.1) is 5.92 Å². The van der Waals surface area contributed by atoms with Gasteiger partial charge < -0.3 is 10.1 Å². The van der Waals surface area contributed by atoms with E-state index in [4.69, 9.17) is 4.74 Å². The van der Waals surface area contributed by atoms with Crippen molar-refractivity contribution < 1.29 is 4.74 Å². The van der Waals surface area contributed by atoms with Gasteiger partial charge in [0.15, 0.2) is 0 Å². The lowest BCUT2D eigenvalue weighted by Crippen LogP contribution is -2.35. The van der Waals surface area contributed by atoms with Crippen LogP contribution in [0.1, 0.15) is 69.9 Å². The summed E-state index contributed by atoms with van der Waals surface area (Å²) in [5.41, 5.74) is 1.36. The Morgan fingerprint density at radius 1 is 1.10 bits per heavy atom. The predicted molar refractivity (Wildman–Crippen MR) is 87.7 cm³/mol. The fraction of sp³-hybridized carbons (Fsp3) is 0.684. The van der Waals surface area contributed by atoms with Crippen molar-refractivity contribution in [3.05, 3.63) is 29.8 Å². The van der Waals surface area contributed by atoms with E-state index in [-0.39, 0.29) is 0 Å². The number of fused-ring (bicyclic) bond motifs is 1. The van der Waals surface area contributed by atoms with E-state index in [1.807, 2.05) is 0 Å². The number of hydrogen-bond donors (Lipinski definition) is 1. The number of rotatable bonds is 4. The Morgan fingerprint density at radius 2 is 2.00 bits per heavy atom. The van der Waals surface area contributed by atoms with Crippen LogP contribution in [0.15, 0.2) is 24.3 Å². The molecule has 1 saturated carbocycles. The highest BCUT2D eigenvalue weighted by atomic mass is 16.5. The fourth-order valence-electron chi connectivity index (χ4n) is 4.04. The number of hydrogen-bond acceptors (Lipinski definition) is 2. The molecular formula is C19H29NO. The minimum atomic E-state index is 0.489. The highest BCUT2D eigenvalue weighted by Gasteiger charge is 2.25. The van der Waals surface area contributed by atoms with Gasteiger partial charge in [-0.1, -0.05) is 50.8 Å². The third kappa shape index (κ3) is 3.79. The van der Waals surface area contributed by atoms with Gasteiger partial charge in [-0.25, -0.2) is 0 Å². The monoisotopic (exact) mass is 287 g/mol. The van der Waals surface area contributed by atoms with Crippen molar-refractivity contribution in [3.63, 3.8) is 0 Å². The molecule has 2 heteroatoms. The molecule has 0 radical (unpaired) electrons. The Labute approximate surface area is 129 Å². The normalized spacial score (nSPS) is 29.3. The van der Waals surface area contributed by atoms with Crippen molar-refractivity contribution >= 4 is 0 Å². The second-order valence-corrected chi connectivity index (χ2v) is 6.75. The van der Waals surface area contributed by atoms with Crippen LogP contribution in [0.2, 0.25) is 0 Å². The zero-order valence-electron chi connectivity index (χ0n) is 13.3. The van der Waals surface area contributed by atoms with E-state index in [1.165, 1.54) is 50.5 Å². The summed E-state index contributed by atoms with van der Waals surface area (Å²) in [7, 11) is 0. The summed E-state index contributed by atoms with van der Waals surface area (Å²) in [5, 5.41) is 3.94. The van der Waals surface area contributed by atoms with Crippen LogP contribution in [0.25, 0.3) is 0 Å². The van der Waals surface area contributed by atoms with E-state index >= 15 is 0 Å². The third-order valence-electron chi connectivity index (χ3n) is 5.18.